The number of fused-ring (bicyclic) bond motifs is 5. The Morgan fingerprint density at radius 2 is 1.55 bits per heavy atom. The quantitative estimate of drug-likeness (QED) is 0.0687. The summed E-state index contributed by atoms with van der Waals surface area (Å²) >= 11 is 0. The summed E-state index contributed by atoms with van der Waals surface area (Å²) in [6, 6.07) is 0. The van der Waals surface area contributed by atoms with Crippen LogP contribution in [0.3, 0.4) is 0 Å². The number of ether oxygens (including phenoxy) is 3. The first-order chi connectivity index (χ1) is 25.3. The molecule has 0 aromatic heterocycles. The van der Waals surface area contributed by atoms with E-state index >= 15 is 0 Å². The van der Waals surface area contributed by atoms with E-state index in [9.17, 15) is 20.1 Å². The Balaban J connectivity index is 1.10. The average molecular weight is 745 g/mol. The minimum absolute atomic E-state index is 0.137. The summed E-state index contributed by atoms with van der Waals surface area (Å²) < 4.78 is 17.9. The van der Waals surface area contributed by atoms with Crippen LogP contribution in [0.2, 0.25) is 0 Å². The molecule has 7 nitrogen and oxygen atoms in total. The number of carbonyl (C=O) groups excluding carboxylic acids is 1. The number of unbranched alkanes of at least 4 members (excludes halogenated alkanes) is 8. The minimum atomic E-state index is -1.44. The van der Waals surface area contributed by atoms with Gasteiger partial charge in [-0.1, -0.05) is 124 Å². The van der Waals surface area contributed by atoms with E-state index in [1.165, 1.54) is 82.6 Å². The fourth-order valence-electron chi connectivity index (χ4n) is 12.0. The van der Waals surface area contributed by atoms with Crippen LogP contribution in [0.1, 0.15) is 177 Å². The molecule has 0 radical (unpaired) electrons. The fourth-order valence-corrected chi connectivity index (χ4v) is 12.0. The van der Waals surface area contributed by atoms with Crippen LogP contribution in [0.15, 0.2) is 11.6 Å². The largest absolute Gasteiger partial charge is 0.463 e. The Bertz CT molecular complexity index is 1170. The predicted octanol–water partition coefficient (Wildman–Crippen LogP) is 9.93. The molecule has 0 spiro atoms. The van der Waals surface area contributed by atoms with Crippen LogP contribution in [-0.2, 0) is 19.0 Å². The highest BCUT2D eigenvalue weighted by atomic mass is 16.7. The summed E-state index contributed by atoms with van der Waals surface area (Å²) in [4.78, 5) is 12.5. The second kappa shape index (κ2) is 19.4. The van der Waals surface area contributed by atoms with Gasteiger partial charge in [0.1, 0.15) is 31.0 Å². The van der Waals surface area contributed by atoms with Crippen molar-refractivity contribution in [3.63, 3.8) is 0 Å². The summed E-state index contributed by atoms with van der Waals surface area (Å²) in [6.07, 6.45) is 19.1. The van der Waals surface area contributed by atoms with Gasteiger partial charge in [-0.2, -0.15) is 0 Å². The molecule has 3 N–H and O–H groups in total. The van der Waals surface area contributed by atoms with Crippen molar-refractivity contribution in [1.29, 1.82) is 0 Å². The Morgan fingerprint density at radius 3 is 2.25 bits per heavy atom. The second-order valence-corrected chi connectivity index (χ2v) is 19.5. The van der Waals surface area contributed by atoms with E-state index in [0.717, 1.165) is 80.5 Å². The van der Waals surface area contributed by atoms with E-state index in [1.807, 2.05) is 0 Å². The summed E-state index contributed by atoms with van der Waals surface area (Å²) in [5.74, 6) is 5.17. The van der Waals surface area contributed by atoms with Crippen LogP contribution in [0.4, 0.5) is 0 Å². The van der Waals surface area contributed by atoms with Crippen molar-refractivity contribution in [2.24, 2.45) is 52.3 Å². The molecule has 1 aliphatic heterocycles. The Labute approximate surface area is 323 Å². The van der Waals surface area contributed by atoms with E-state index in [0.29, 0.717) is 17.8 Å². The number of hydrogen-bond donors (Lipinski definition) is 3. The molecule has 5 rings (SSSR count). The Kier molecular flexibility index (Phi) is 15.8. The van der Waals surface area contributed by atoms with Crippen molar-refractivity contribution in [1.82, 2.24) is 0 Å². The molecule has 1 heterocycles. The van der Waals surface area contributed by atoms with E-state index in [-0.39, 0.29) is 24.1 Å². The molecular formula is C46H80O7. The summed E-state index contributed by atoms with van der Waals surface area (Å²) in [6.45, 7) is 17.0. The lowest BCUT2D eigenvalue weighted by Crippen LogP contribution is -2.60. The molecule has 14 atom stereocenters. The number of rotatable bonds is 19. The smallest absolute Gasteiger partial charge is 0.305 e. The van der Waals surface area contributed by atoms with Gasteiger partial charge in [0.05, 0.1) is 6.10 Å². The van der Waals surface area contributed by atoms with Gasteiger partial charge < -0.3 is 29.5 Å². The summed E-state index contributed by atoms with van der Waals surface area (Å²) in [5, 5.41) is 32.3. The van der Waals surface area contributed by atoms with Gasteiger partial charge in [0.25, 0.3) is 0 Å². The minimum Gasteiger partial charge on any atom is -0.463 e. The van der Waals surface area contributed by atoms with Gasteiger partial charge in [0, 0.05) is 6.42 Å². The standard InChI is InChI=1S/C46H80O7/c1-8-9-10-11-12-13-14-15-16-17-40(47)51-29-39-41(48)42(49)43(50)44(53-39)52-34-24-26-45(6)33(28-34)20-21-35-37-23-22-36(46(37,7)27-25-38(35)45)32(5)19-18-31(4)30(2)3/h20,30-32,34-39,41-44,48-50H,8-19,21-29H2,1-7H3. The zero-order chi connectivity index (χ0) is 38.3. The molecule has 306 valence electrons. The van der Waals surface area contributed by atoms with Crippen molar-refractivity contribution < 1.29 is 34.3 Å². The molecule has 1 saturated heterocycles. The van der Waals surface area contributed by atoms with Gasteiger partial charge in [-0.05, 0) is 110 Å². The number of aliphatic hydroxyl groups is 3. The molecule has 0 aromatic carbocycles. The Morgan fingerprint density at radius 1 is 0.849 bits per heavy atom. The lowest BCUT2D eigenvalue weighted by atomic mass is 9.47. The van der Waals surface area contributed by atoms with Crippen LogP contribution in [0, 0.1) is 52.3 Å². The number of hydrogen-bond acceptors (Lipinski definition) is 7. The molecule has 0 amide bonds. The number of carbonyl (C=O) groups is 1. The Hall–Kier alpha value is -0.990. The fraction of sp³-hybridized carbons (Fsp3) is 0.935. The third kappa shape index (κ3) is 10.1. The molecule has 53 heavy (non-hydrogen) atoms. The number of aliphatic hydroxyl groups excluding tert-OH is 3. The SMILES string of the molecule is CCCCCCCCCCCC(=O)OCC1OC(OC2CCC3(C)C(=CCC4C3CCC3(C)C(C(C)CCC(C)C(C)C)CCC43)C2)C(O)C(O)C1O. The molecule has 0 aromatic rings. The number of allylic oxidation sites excluding steroid dienone is 1. The topological polar surface area (TPSA) is 105 Å². The van der Waals surface area contributed by atoms with E-state index in [4.69, 9.17) is 14.2 Å². The maximum Gasteiger partial charge on any atom is 0.305 e. The second-order valence-electron chi connectivity index (χ2n) is 19.5. The van der Waals surface area contributed by atoms with Crippen molar-refractivity contribution in [3.8, 4) is 0 Å². The average Bonchev–Trinajstić information content (AvgIpc) is 3.50. The molecule has 4 aliphatic carbocycles. The normalized spacial score (nSPS) is 39.5. The highest BCUT2D eigenvalue weighted by Crippen LogP contribution is 2.67. The third-order valence-corrected chi connectivity index (χ3v) is 15.9. The number of esters is 1. The van der Waals surface area contributed by atoms with Gasteiger partial charge >= 0.3 is 5.97 Å². The summed E-state index contributed by atoms with van der Waals surface area (Å²) in [5.41, 5.74) is 2.13. The van der Waals surface area contributed by atoms with Crippen molar-refractivity contribution in [3.05, 3.63) is 11.6 Å². The van der Waals surface area contributed by atoms with Crippen LogP contribution < -0.4 is 0 Å². The first-order valence-corrected chi connectivity index (χ1v) is 22.5. The highest BCUT2D eigenvalue weighted by molar-refractivity contribution is 5.69. The van der Waals surface area contributed by atoms with Crippen LogP contribution in [0.25, 0.3) is 0 Å². The zero-order valence-corrected chi connectivity index (χ0v) is 34.9. The maximum atomic E-state index is 12.5. The molecule has 14 unspecified atom stereocenters. The van der Waals surface area contributed by atoms with E-state index < -0.39 is 30.7 Å². The lowest BCUT2D eigenvalue weighted by molar-refractivity contribution is -0.313. The predicted molar refractivity (Wildman–Crippen MR) is 212 cm³/mol. The first kappa shape index (κ1) is 43.1. The van der Waals surface area contributed by atoms with Crippen molar-refractivity contribution >= 4 is 5.97 Å². The highest BCUT2D eigenvalue weighted by Gasteiger charge is 2.59. The molecular weight excluding hydrogens is 664 g/mol. The van der Waals surface area contributed by atoms with Crippen molar-refractivity contribution in [2.45, 2.75) is 214 Å². The lowest BCUT2D eigenvalue weighted by Gasteiger charge is -2.58. The van der Waals surface area contributed by atoms with Crippen LogP contribution in [0.5, 0.6) is 0 Å². The van der Waals surface area contributed by atoms with E-state index in [2.05, 4.69) is 54.5 Å². The van der Waals surface area contributed by atoms with Gasteiger partial charge in [0.2, 0.25) is 0 Å². The molecule has 0 bridgehead atoms. The van der Waals surface area contributed by atoms with Crippen molar-refractivity contribution in [2.75, 3.05) is 6.61 Å². The monoisotopic (exact) mass is 745 g/mol. The maximum absolute atomic E-state index is 12.5. The van der Waals surface area contributed by atoms with Gasteiger partial charge in [-0.25, -0.2) is 0 Å². The zero-order valence-electron chi connectivity index (χ0n) is 34.9. The van der Waals surface area contributed by atoms with Crippen LogP contribution in [-0.4, -0.2) is 64.7 Å². The van der Waals surface area contributed by atoms with Crippen LogP contribution >= 0.6 is 0 Å². The van der Waals surface area contributed by atoms with E-state index in [1.54, 1.807) is 0 Å². The van der Waals surface area contributed by atoms with Gasteiger partial charge in [-0.3, -0.25) is 4.79 Å². The molecule has 3 saturated carbocycles. The summed E-state index contributed by atoms with van der Waals surface area (Å²) in [7, 11) is 0. The van der Waals surface area contributed by atoms with Gasteiger partial charge in [-0.15, -0.1) is 0 Å². The molecule has 5 aliphatic rings. The van der Waals surface area contributed by atoms with Gasteiger partial charge in [0.15, 0.2) is 6.29 Å². The third-order valence-electron chi connectivity index (χ3n) is 15.9. The molecule has 7 heteroatoms. The first-order valence-electron chi connectivity index (χ1n) is 22.5. The molecule has 4 fully saturated rings.